The number of morpholine rings is 1. The average Bonchev–Trinajstić information content (AvgIpc) is 3.02. The van der Waals surface area contributed by atoms with E-state index < -0.39 is 0 Å². The van der Waals surface area contributed by atoms with E-state index in [9.17, 15) is 4.79 Å². The molecule has 0 unspecified atom stereocenters. The molecule has 1 N–H and O–H groups in total. The van der Waals surface area contributed by atoms with E-state index >= 15 is 0 Å². The first-order valence-electron chi connectivity index (χ1n) is 8.90. The number of nitrogens with one attached hydrogen (secondary N) is 1. The van der Waals surface area contributed by atoms with E-state index in [2.05, 4.69) is 37.1 Å². The van der Waals surface area contributed by atoms with Gasteiger partial charge in [-0.05, 0) is 23.1 Å². The van der Waals surface area contributed by atoms with Crippen LogP contribution in [0.1, 0.15) is 38.8 Å². The van der Waals surface area contributed by atoms with Crippen LogP contribution in [-0.2, 0) is 9.53 Å². The zero-order chi connectivity index (χ0) is 17.9. The van der Waals surface area contributed by atoms with Crippen LogP contribution in [0.4, 0.5) is 0 Å². The fraction of sp³-hybridized carbons (Fsp3) is 0.632. The molecule has 1 fully saturated rings. The number of amides is 1. The Morgan fingerprint density at radius 2 is 1.92 bits per heavy atom. The third kappa shape index (κ3) is 4.86. The molecule has 0 saturated carbocycles. The van der Waals surface area contributed by atoms with Crippen LogP contribution in [-0.4, -0.2) is 50.4 Å². The Morgan fingerprint density at radius 1 is 1.20 bits per heavy atom. The molecule has 3 rings (SSSR count). The minimum Gasteiger partial charge on any atom is -0.454 e. The van der Waals surface area contributed by atoms with Gasteiger partial charge >= 0.3 is 0 Å². The van der Waals surface area contributed by atoms with Gasteiger partial charge < -0.3 is 19.5 Å². The van der Waals surface area contributed by atoms with E-state index in [-0.39, 0.29) is 24.2 Å². The summed E-state index contributed by atoms with van der Waals surface area (Å²) in [5.41, 5.74) is 1.11. The molecule has 1 atom stereocenters. The van der Waals surface area contributed by atoms with Gasteiger partial charge in [-0.3, -0.25) is 9.69 Å². The van der Waals surface area contributed by atoms with Crippen LogP contribution in [0.5, 0.6) is 11.5 Å². The van der Waals surface area contributed by atoms with Gasteiger partial charge in [0, 0.05) is 26.1 Å². The van der Waals surface area contributed by atoms with Crippen molar-refractivity contribution < 1.29 is 19.0 Å². The maximum atomic E-state index is 12.3. The molecule has 0 aromatic heterocycles. The summed E-state index contributed by atoms with van der Waals surface area (Å²) in [5, 5.41) is 3.11. The molecule has 1 aromatic carbocycles. The number of fused-ring (bicyclic) bond motifs is 1. The summed E-state index contributed by atoms with van der Waals surface area (Å²) < 4.78 is 16.4. The zero-order valence-electron chi connectivity index (χ0n) is 15.3. The second-order valence-corrected chi connectivity index (χ2v) is 7.82. The second-order valence-electron chi connectivity index (χ2n) is 7.82. The minimum absolute atomic E-state index is 0.0166. The van der Waals surface area contributed by atoms with Crippen molar-refractivity contribution in [3.63, 3.8) is 0 Å². The normalized spacial score (nSPS) is 18.8. The summed E-state index contributed by atoms with van der Waals surface area (Å²) in [5.74, 6) is 1.64. The number of rotatable bonds is 5. The van der Waals surface area contributed by atoms with E-state index in [4.69, 9.17) is 14.2 Å². The van der Waals surface area contributed by atoms with Crippen molar-refractivity contribution in [1.29, 1.82) is 0 Å². The maximum absolute atomic E-state index is 12.3. The molecule has 6 nitrogen and oxygen atoms in total. The van der Waals surface area contributed by atoms with Gasteiger partial charge in [-0.2, -0.15) is 0 Å². The molecule has 2 aliphatic heterocycles. The zero-order valence-corrected chi connectivity index (χ0v) is 15.3. The van der Waals surface area contributed by atoms with Gasteiger partial charge in [0.2, 0.25) is 12.7 Å². The van der Waals surface area contributed by atoms with Crippen LogP contribution in [0.2, 0.25) is 0 Å². The first-order valence-corrected chi connectivity index (χ1v) is 8.90. The average molecular weight is 348 g/mol. The smallest absolute Gasteiger partial charge is 0.231 e. The first-order chi connectivity index (χ1) is 11.9. The third-order valence-corrected chi connectivity index (χ3v) is 4.45. The van der Waals surface area contributed by atoms with E-state index in [0.29, 0.717) is 13.0 Å². The number of ether oxygens (including phenoxy) is 3. The lowest BCUT2D eigenvalue weighted by atomic mass is 9.92. The summed E-state index contributed by atoms with van der Waals surface area (Å²) in [4.78, 5) is 14.6. The molecule has 0 radical (unpaired) electrons. The van der Waals surface area contributed by atoms with Crippen LogP contribution in [0.15, 0.2) is 18.2 Å². The Labute approximate surface area is 149 Å². The van der Waals surface area contributed by atoms with Gasteiger partial charge in [0.1, 0.15) is 0 Å². The number of hydrogen-bond acceptors (Lipinski definition) is 5. The van der Waals surface area contributed by atoms with Crippen LogP contribution in [0.25, 0.3) is 0 Å². The van der Waals surface area contributed by atoms with Crippen molar-refractivity contribution in [2.24, 2.45) is 5.41 Å². The quantitative estimate of drug-likeness (QED) is 0.885. The number of carbonyl (C=O) groups is 1. The van der Waals surface area contributed by atoms with Gasteiger partial charge in [0.15, 0.2) is 11.5 Å². The Balaban J connectivity index is 1.72. The number of hydrogen-bond donors (Lipinski definition) is 1. The van der Waals surface area contributed by atoms with E-state index in [0.717, 1.165) is 43.4 Å². The molecule has 25 heavy (non-hydrogen) atoms. The van der Waals surface area contributed by atoms with Crippen LogP contribution >= 0.6 is 0 Å². The molecule has 2 aliphatic rings. The highest BCUT2D eigenvalue weighted by Gasteiger charge is 2.26. The molecule has 0 aliphatic carbocycles. The molecule has 2 heterocycles. The van der Waals surface area contributed by atoms with Crippen molar-refractivity contribution in [3.8, 4) is 11.5 Å². The van der Waals surface area contributed by atoms with Crippen molar-refractivity contribution in [2.45, 2.75) is 33.2 Å². The van der Waals surface area contributed by atoms with Crippen molar-refractivity contribution in [2.75, 3.05) is 39.6 Å². The SMILES string of the molecule is CC(C)(C)CC(=O)NC[C@@H](c1ccc2c(c1)OCO2)N1CCOCC1. The molecule has 1 saturated heterocycles. The van der Waals surface area contributed by atoms with E-state index in [1.807, 2.05) is 12.1 Å². The van der Waals surface area contributed by atoms with E-state index in [1.54, 1.807) is 0 Å². The topological polar surface area (TPSA) is 60.0 Å². The van der Waals surface area contributed by atoms with Crippen molar-refractivity contribution in [3.05, 3.63) is 23.8 Å². The Kier molecular flexibility index (Phi) is 5.49. The lowest BCUT2D eigenvalue weighted by molar-refractivity contribution is -0.123. The third-order valence-electron chi connectivity index (χ3n) is 4.45. The van der Waals surface area contributed by atoms with Gasteiger partial charge in [-0.15, -0.1) is 0 Å². The van der Waals surface area contributed by atoms with Gasteiger partial charge in [-0.1, -0.05) is 26.8 Å². The minimum atomic E-state index is -0.0166. The lowest BCUT2D eigenvalue weighted by Crippen LogP contribution is -2.44. The molecular weight excluding hydrogens is 320 g/mol. The van der Waals surface area contributed by atoms with Crippen LogP contribution < -0.4 is 14.8 Å². The fourth-order valence-electron chi connectivity index (χ4n) is 3.22. The number of benzene rings is 1. The second kappa shape index (κ2) is 7.62. The predicted molar refractivity (Wildman–Crippen MR) is 94.8 cm³/mol. The standard InChI is InChI=1S/C19H28N2O4/c1-19(2,3)11-18(22)20-12-15(21-6-8-23-9-7-21)14-4-5-16-17(10-14)25-13-24-16/h4-5,10,15H,6-9,11-13H2,1-3H3,(H,20,22)/t15-/m0/s1. The molecule has 0 bridgehead atoms. The predicted octanol–water partition coefficient (Wildman–Crippen LogP) is 2.34. The molecule has 0 spiro atoms. The largest absolute Gasteiger partial charge is 0.454 e. The Morgan fingerprint density at radius 3 is 2.64 bits per heavy atom. The maximum Gasteiger partial charge on any atom is 0.231 e. The highest BCUT2D eigenvalue weighted by molar-refractivity contribution is 5.76. The van der Waals surface area contributed by atoms with Gasteiger partial charge in [0.25, 0.3) is 0 Å². The number of carbonyl (C=O) groups excluding carboxylic acids is 1. The van der Waals surface area contributed by atoms with Crippen LogP contribution in [0.3, 0.4) is 0 Å². The summed E-state index contributed by atoms with van der Waals surface area (Å²) in [6.45, 7) is 10.2. The Bertz CT molecular complexity index is 606. The van der Waals surface area contributed by atoms with Crippen molar-refractivity contribution in [1.82, 2.24) is 10.2 Å². The molecule has 1 amide bonds. The number of nitrogens with zero attached hydrogens (tertiary/aromatic N) is 1. The van der Waals surface area contributed by atoms with Gasteiger partial charge in [-0.25, -0.2) is 0 Å². The fourth-order valence-corrected chi connectivity index (χ4v) is 3.22. The molecule has 6 heteroatoms. The summed E-state index contributed by atoms with van der Waals surface area (Å²) in [7, 11) is 0. The summed E-state index contributed by atoms with van der Waals surface area (Å²) in [6, 6.07) is 6.13. The first kappa shape index (κ1) is 18.0. The van der Waals surface area contributed by atoms with Gasteiger partial charge in [0.05, 0.1) is 19.3 Å². The summed E-state index contributed by atoms with van der Waals surface area (Å²) in [6.07, 6.45) is 0.518. The highest BCUT2D eigenvalue weighted by atomic mass is 16.7. The lowest BCUT2D eigenvalue weighted by Gasteiger charge is -2.35. The van der Waals surface area contributed by atoms with Crippen molar-refractivity contribution >= 4 is 5.91 Å². The Hall–Kier alpha value is -1.79. The molecule has 1 aromatic rings. The highest BCUT2D eigenvalue weighted by Crippen LogP contribution is 2.35. The van der Waals surface area contributed by atoms with Crippen LogP contribution in [0, 0.1) is 5.41 Å². The molecule has 138 valence electrons. The molecular formula is C19H28N2O4. The monoisotopic (exact) mass is 348 g/mol. The summed E-state index contributed by atoms with van der Waals surface area (Å²) >= 11 is 0. The van der Waals surface area contributed by atoms with E-state index in [1.165, 1.54) is 0 Å².